The molecule has 1 amide bonds. The number of nitrogens with zero attached hydrogens (tertiary/aromatic N) is 3. The van der Waals surface area contributed by atoms with Crippen LogP contribution >= 0.6 is 0 Å². The van der Waals surface area contributed by atoms with Gasteiger partial charge in [-0.25, -0.2) is 4.98 Å². The fourth-order valence-electron chi connectivity index (χ4n) is 4.87. The second-order valence-electron chi connectivity index (χ2n) is 8.66. The average Bonchev–Trinajstić information content (AvgIpc) is 3.50. The van der Waals surface area contributed by atoms with Gasteiger partial charge in [0.25, 0.3) is 5.91 Å². The quantitative estimate of drug-likeness (QED) is 0.456. The number of carbonyl (C=O) groups is 1. The second-order valence-corrected chi connectivity index (χ2v) is 8.66. The summed E-state index contributed by atoms with van der Waals surface area (Å²) in [7, 11) is 1.66. The van der Waals surface area contributed by atoms with Crippen LogP contribution in [0.2, 0.25) is 0 Å². The first kappa shape index (κ1) is 20.5. The Balaban J connectivity index is 1.35. The normalized spacial score (nSPS) is 16.5. The smallest absolute Gasteiger partial charge is 0.264 e. The lowest BCUT2D eigenvalue weighted by atomic mass is 10.1. The van der Waals surface area contributed by atoms with Crippen LogP contribution in [0.4, 0.5) is 0 Å². The van der Waals surface area contributed by atoms with Crippen LogP contribution in [0.25, 0.3) is 22.6 Å². The molecule has 0 N–H and O–H groups in total. The SMILES string of the molecule is COc1ccc(-c2nc(-c3ccccc3)n3c2CN(C(=O)C2Cc4ccccc4O2)CC3)cc1. The van der Waals surface area contributed by atoms with Crippen molar-refractivity contribution in [2.75, 3.05) is 13.7 Å². The minimum atomic E-state index is -0.468. The van der Waals surface area contributed by atoms with E-state index >= 15 is 0 Å². The van der Waals surface area contributed by atoms with Gasteiger partial charge in [-0.1, -0.05) is 48.5 Å². The predicted octanol–water partition coefficient (Wildman–Crippen LogP) is 4.57. The number of hydrogen-bond acceptors (Lipinski definition) is 4. The molecule has 6 rings (SSSR count). The first-order chi connectivity index (χ1) is 16.7. The van der Waals surface area contributed by atoms with Crippen molar-refractivity contribution < 1.29 is 14.3 Å². The lowest BCUT2D eigenvalue weighted by molar-refractivity contribution is -0.139. The molecule has 6 nitrogen and oxygen atoms in total. The van der Waals surface area contributed by atoms with E-state index in [1.807, 2.05) is 71.6 Å². The van der Waals surface area contributed by atoms with E-state index in [4.69, 9.17) is 14.5 Å². The molecule has 34 heavy (non-hydrogen) atoms. The van der Waals surface area contributed by atoms with Gasteiger partial charge in [0.1, 0.15) is 17.3 Å². The van der Waals surface area contributed by atoms with Crippen LogP contribution in [0.5, 0.6) is 11.5 Å². The fraction of sp³-hybridized carbons (Fsp3) is 0.214. The van der Waals surface area contributed by atoms with Crippen molar-refractivity contribution in [1.29, 1.82) is 0 Å². The molecule has 2 aliphatic heterocycles. The third kappa shape index (κ3) is 3.52. The third-order valence-electron chi connectivity index (χ3n) is 6.64. The highest BCUT2D eigenvalue weighted by Crippen LogP contribution is 2.34. The number of para-hydroxylation sites is 1. The van der Waals surface area contributed by atoms with Crippen LogP contribution in [0.15, 0.2) is 78.9 Å². The highest BCUT2D eigenvalue weighted by Gasteiger charge is 2.35. The summed E-state index contributed by atoms with van der Waals surface area (Å²) < 4.78 is 13.6. The molecule has 0 aliphatic carbocycles. The fourth-order valence-corrected chi connectivity index (χ4v) is 4.87. The van der Waals surface area contributed by atoms with Crippen molar-refractivity contribution >= 4 is 5.91 Å². The summed E-state index contributed by atoms with van der Waals surface area (Å²) in [6, 6.07) is 26.0. The average molecular weight is 452 g/mol. The van der Waals surface area contributed by atoms with Crippen molar-refractivity contribution in [3.8, 4) is 34.1 Å². The van der Waals surface area contributed by atoms with Crippen LogP contribution in [-0.2, 0) is 24.3 Å². The first-order valence-corrected chi connectivity index (χ1v) is 11.5. The molecule has 3 heterocycles. The molecule has 3 aromatic carbocycles. The summed E-state index contributed by atoms with van der Waals surface area (Å²) in [6.45, 7) is 1.81. The molecule has 170 valence electrons. The van der Waals surface area contributed by atoms with E-state index in [1.54, 1.807) is 7.11 Å². The number of rotatable bonds is 4. The molecule has 4 aromatic rings. The summed E-state index contributed by atoms with van der Waals surface area (Å²) in [5.74, 6) is 2.58. The summed E-state index contributed by atoms with van der Waals surface area (Å²) >= 11 is 0. The lowest BCUT2D eigenvalue weighted by Gasteiger charge is -2.31. The summed E-state index contributed by atoms with van der Waals surface area (Å²) in [5.41, 5.74) is 5.10. The van der Waals surface area contributed by atoms with Crippen LogP contribution in [-0.4, -0.2) is 40.1 Å². The third-order valence-corrected chi connectivity index (χ3v) is 6.64. The highest BCUT2D eigenvalue weighted by molar-refractivity contribution is 5.83. The number of amides is 1. The minimum absolute atomic E-state index is 0.0330. The van der Waals surface area contributed by atoms with Crippen molar-refractivity contribution in [2.24, 2.45) is 0 Å². The maximum atomic E-state index is 13.4. The van der Waals surface area contributed by atoms with E-state index in [0.29, 0.717) is 26.1 Å². The van der Waals surface area contributed by atoms with Gasteiger partial charge in [-0.3, -0.25) is 4.79 Å². The highest BCUT2D eigenvalue weighted by atomic mass is 16.5. The van der Waals surface area contributed by atoms with Gasteiger partial charge in [0, 0.05) is 30.6 Å². The van der Waals surface area contributed by atoms with Crippen LogP contribution in [0.3, 0.4) is 0 Å². The topological polar surface area (TPSA) is 56.6 Å². The van der Waals surface area contributed by atoms with Crippen LogP contribution < -0.4 is 9.47 Å². The molecule has 0 saturated carbocycles. The molecule has 2 aliphatic rings. The van der Waals surface area contributed by atoms with Gasteiger partial charge >= 0.3 is 0 Å². The van der Waals surface area contributed by atoms with Gasteiger partial charge in [-0.2, -0.15) is 0 Å². The zero-order chi connectivity index (χ0) is 23.1. The summed E-state index contributed by atoms with van der Waals surface area (Å²) in [5, 5.41) is 0. The molecular weight excluding hydrogens is 426 g/mol. The van der Waals surface area contributed by atoms with Gasteiger partial charge in [-0.15, -0.1) is 0 Å². The Morgan fingerprint density at radius 2 is 1.71 bits per heavy atom. The number of ether oxygens (including phenoxy) is 2. The molecule has 0 fully saturated rings. The minimum Gasteiger partial charge on any atom is -0.497 e. The van der Waals surface area contributed by atoms with Gasteiger partial charge in [0.2, 0.25) is 0 Å². The Hall–Kier alpha value is -4.06. The maximum absolute atomic E-state index is 13.4. The monoisotopic (exact) mass is 451 g/mol. The van der Waals surface area contributed by atoms with Gasteiger partial charge in [0.15, 0.2) is 6.10 Å². The van der Waals surface area contributed by atoms with E-state index in [9.17, 15) is 4.79 Å². The Labute approximate surface area is 198 Å². The Bertz CT molecular complexity index is 1320. The summed E-state index contributed by atoms with van der Waals surface area (Å²) in [4.78, 5) is 20.4. The van der Waals surface area contributed by atoms with Gasteiger partial charge < -0.3 is 18.9 Å². The van der Waals surface area contributed by atoms with E-state index < -0.39 is 6.10 Å². The molecule has 1 unspecified atom stereocenters. The number of benzene rings is 3. The number of fused-ring (bicyclic) bond motifs is 2. The molecule has 6 heteroatoms. The number of methoxy groups -OCH3 is 1. The number of hydrogen-bond donors (Lipinski definition) is 0. The molecule has 1 aromatic heterocycles. The molecule has 0 spiro atoms. The summed E-state index contributed by atoms with van der Waals surface area (Å²) in [6.07, 6.45) is 0.149. The van der Waals surface area contributed by atoms with E-state index in [0.717, 1.165) is 45.4 Å². The number of aromatic nitrogens is 2. The van der Waals surface area contributed by atoms with E-state index in [1.165, 1.54) is 0 Å². The standard InChI is InChI=1S/C28H25N3O3/c1-33-22-13-11-19(12-14-22)26-23-18-30(28(32)25-17-21-9-5-6-10-24(21)34-25)15-16-31(23)27(29-26)20-7-3-2-4-8-20/h2-14,25H,15-18H2,1H3. The molecule has 0 bridgehead atoms. The van der Waals surface area contributed by atoms with E-state index in [-0.39, 0.29) is 5.91 Å². The number of carbonyl (C=O) groups excluding carboxylic acids is 1. The van der Waals surface area contributed by atoms with E-state index in [2.05, 4.69) is 16.7 Å². The molecule has 0 radical (unpaired) electrons. The zero-order valence-electron chi connectivity index (χ0n) is 19.0. The van der Waals surface area contributed by atoms with Gasteiger partial charge in [-0.05, 0) is 35.9 Å². The molecule has 0 saturated heterocycles. The van der Waals surface area contributed by atoms with Crippen LogP contribution in [0, 0.1) is 0 Å². The lowest BCUT2D eigenvalue weighted by Crippen LogP contribution is -2.45. The first-order valence-electron chi connectivity index (χ1n) is 11.5. The van der Waals surface area contributed by atoms with Gasteiger partial charge in [0.05, 0.1) is 25.0 Å². The Morgan fingerprint density at radius 1 is 0.941 bits per heavy atom. The Kier molecular flexibility index (Phi) is 5.06. The predicted molar refractivity (Wildman–Crippen MR) is 130 cm³/mol. The van der Waals surface area contributed by atoms with Crippen molar-refractivity contribution in [3.05, 3.63) is 90.1 Å². The Morgan fingerprint density at radius 3 is 2.47 bits per heavy atom. The van der Waals surface area contributed by atoms with Crippen LogP contribution in [0.1, 0.15) is 11.3 Å². The second kappa shape index (κ2) is 8.37. The van der Waals surface area contributed by atoms with Crippen molar-refractivity contribution in [2.45, 2.75) is 25.6 Å². The largest absolute Gasteiger partial charge is 0.497 e. The molecule has 1 atom stereocenters. The zero-order valence-corrected chi connectivity index (χ0v) is 19.0. The number of imidazole rings is 1. The maximum Gasteiger partial charge on any atom is 0.264 e. The van der Waals surface area contributed by atoms with Crippen molar-refractivity contribution in [3.63, 3.8) is 0 Å². The van der Waals surface area contributed by atoms with Crippen molar-refractivity contribution in [1.82, 2.24) is 14.5 Å². The molecular formula is C28H25N3O3.